The lowest BCUT2D eigenvalue weighted by molar-refractivity contribution is 0.0658. The average Bonchev–Trinajstić information content (AvgIpc) is 3.40. The van der Waals surface area contributed by atoms with Crippen molar-refractivity contribution < 1.29 is 14.7 Å². The zero-order valence-electron chi connectivity index (χ0n) is 15.2. The molecule has 2 N–H and O–H groups in total. The van der Waals surface area contributed by atoms with Gasteiger partial charge < -0.3 is 10.0 Å². The Kier molecular flexibility index (Phi) is 4.88. The van der Waals surface area contributed by atoms with Crippen molar-refractivity contribution in [3.05, 3.63) is 54.0 Å². The number of aromatic amines is 1. The summed E-state index contributed by atoms with van der Waals surface area (Å²) in [6.45, 7) is 1.88. The van der Waals surface area contributed by atoms with Gasteiger partial charge in [0.15, 0.2) is 5.69 Å². The quantitative estimate of drug-likeness (QED) is 0.698. The van der Waals surface area contributed by atoms with E-state index in [1.54, 1.807) is 10.9 Å². The normalized spacial score (nSPS) is 16.9. The number of hydrogen-bond donors (Lipinski definition) is 2. The molecule has 1 aromatic carbocycles. The van der Waals surface area contributed by atoms with Gasteiger partial charge in [0.1, 0.15) is 0 Å². The summed E-state index contributed by atoms with van der Waals surface area (Å²) >= 11 is 0. The molecule has 0 bridgehead atoms. The highest BCUT2D eigenvalue weighted by Crippen LogP contribution is 2.22. The molecule has 1 unspecified atom stereocenters. The fourth-order valence-electron chi connectivity index (χ4n) is 3.54. The lowest BCUT2D eigenvalue weighted by Gasteiger charge is -2.32. The second-order valence-electron chi connectivity index (χ2n) is 6.94. The Hall–Kier alpha value is -3.49. The minimum absolute atomic E-state index is 0.00526. The van der Waals surface area contributed by atoms with E-state index in [-0.39, 0.29) is 17.5 Å². The molecule has 1 aliphatic rings. The van der Waals surface area contributed by atoms with Crippen LogP contribution in [0.2, 0.25) is 0 Å². The summed E-state index contributed by atoms with van der Waals surface area (Å²) in [5.74, 6) is -0.874. The lowest BCUT2D eigenvalue weighted by atomic mass is 9.97. The average molecular weight is 380 g/mol. The molecule has 4 rings (SSSR count). The number of piperidine rings is 1. The number of carbonyl (C=O) groups excluding carboxylic acids is 1. The van der Waals surface area contributed by atoms with Crippen LogP contribution in [-0.2, 0) is 6.54 Å². The molecule has 1 saturated heterocycles. The minimum Gasteiger partial charge on any atom is -0.476 e. The first-order valence-electron chi connectivity index (χ1n) is 9.12. The molecule has 0 aliphatic carbocycles. The number of amides is 1. The van der Waals surface area contributed by atoms with Crippen molar-refractivity contribution in [2.24, 2.45) is 5.92 Å². The maximum atomic E-state index is 12.9. The standard InChI is InChI=1S/C19H20N6O3/c26-18(15-5-3-14(4-6-15)16-7-8-20-21-16)24-9-1-2-13(10-24)11-25-12-17(19(27)28)22-23-25/h3-8,12-13H,1-2,9-11H2,(H,20,21)(H,27,28). The molecule has 3 aromatic rings. The topological polar surface area (TPSA) is 117 Å². The van der Waals surface area contributed by atoms with Gasteiger partial charge in [-0.05, 0) is 42.5 Å². The summed E-state index contributed by atoms with van der Waals surface area (Å²) < 4.78 is 1.54. The smallest absolute Gasteiger partial charge is 0.358 e. The number of carbonyl (C=O) groups is 2. The predicted molar refractivity (Wildman–Crippen MR) is 99.6 cm³/mol. The number of hydrogen-bond acceptors (Lipinski definition) is 5. The molecule has 1 amide bonds. The number of rotatable bonds is 5. The van der Waals surface area contributed by atoms with E-state index in [1.165, 1.54) is 6.20 Å². The number of aromatic nitrogens is 5. The van der Waals surface area contributed by atoms with E-state index < -0.39 is 5.97 Å². The molecule has 1 atom stereocenters. The van der Waals surface area contributed by atoms with Crippen molar-refractivity contribution >= 4 is 11.9 Å². The summed E-state index contributed by atoms with van der Waals surface area (Å²) in [4.78, 5) is 25.7. The molecule has 28 heavy (non-hydrogen) atoms. The zero-order valence-corrected chi connectivity index (χ0v) is 15.2. The van der Waals surface area contributed by atoms with Crippen LogP contribution in [-0.4, -0.2) is 60.2 Å². The fourth-order valence-corrected chi connectivity index (χ4v) is 3.54. The van der Waals surface area contributed by atoms with Crippen molar-refractivity contribution in [3.8, 4) is 11.3 Å². The number of benzene rings is 1. The highest BCUT2D eigenvalue weighted by Gasteiger charge is 2.25. The van der Waals surface area contributed by atoms with Gasteiger partial charge in [-0.1, -0.05) is 17.3 Å². The van der Waals surface area contributed by atoms with Crippen LogP contribution in [0, 0.1) is 5.92 Å². The minimum atomic E-state index is -1.09. The number of nitrogens with zero attached hydrogens (tertiary/aromatic N) is 5. The van der Waals surface area contributed by atoms with Gasteiger partial charge in [0.2, 0.25) is 0 Å². The number of carboxylic acids is 1. The Morgan fingerprint density at radius 3 is 2.71 bits per heavy atom. The van der Waals surface area contributed by atoms with Gasteiger partial charge in [-0.25, -0.2) is 4.79 Å². The SMILES string of the molecule is O=C(O)c1cn(CC2CCCN(C(=O)c3ccc(-c4ccn[nH]4)cc3)C2)nn1. The molecule has 0 radical (unpaired) electrons. The second kappa shape index (κ2) is 7.63. The van der Waals surface area contributed by atoms with Crippen LogP contribution < -0.4 is 0 Å². The number of H-pyrrole nitrogens is 1. The van der Waals surface area contributed by atoms with Crippen LogP contribution in [0.25, 0.3) is 11.3 Å². The van der Waals surface area contributed by atoms with Gasteiger partial charge in [-0.2, -0.15) is 5.10 Å². The largest absolute Gasteiger partial charge is 0.476 e. The molecule has 0 spiro atoms. The third-order valence-electron chi connectivity index (χ3n) is 4.95. The van der Waals surface area contributed by atoms with E-state index in [9.17, 15) is 9.59 Å². The van der Waals surface area contributed by atoms with Gasteiger partial charge in [0.05, 0.1) is 11.9 Å². The molecular formula is C19H20N6O3. The molecule has 144 valence electrons. The van der Waals surface area contributed by atoms with E-state index in [1.807, 2.05) is 35.2 Å². The van der Waals surface area contributed by atoms with Crippen LogP contribution in [0.4, 0.5) is 0 Å². The molecule has 1 aliphatic heterocycles. The van der Waals surface area contributed by atoms with Crippen molar-refractivity contribution in [2.75, 3.05) is 13.1 Å². The monoisotopic (exact) mass is 380 g/mol. The highest BCUT2D eigenvalue weighted by molar-refractivity contribution is 5.94. The Morgan fingerprint density at radius 2 is 2.04 bits per heavy atom. The zero-order chi connectivity index (χ0) is 19.5. The number of nitrogens with one attached hydrogen (secondary N) is 1. The van der Waals surface area contributed by atoms with E-state index in [0.717, 1.165) is 30.6 Å². The summed E-state index contributed by atoms with van der Waals surface area (Å²) in [5.41, 5.74) is 2.47. The molecule has 2 aromatic heterocycles. The first-order valence-corrected chi connectivity index (χ1v) is 9.12. The van der Waals surface area contributed by atoms with Crippen LogP contribution in [0.3, 0.4) is 0 Å². The predicted octanol–water partition coefficient (Wildman–Crippen LogP) is 1.92. The Bertz CT molecular complexity index is 964. The summed E-state index contributed by atoms with van der Waals surface area (Å²) in [6.07, 6.45) is 4.99. The Labute approximate surface area is 161 Å². The molecule has 9 heteroatoms. The number of aromatic carboxylic acids is 1. The van der Waals surface area contributed by atoms with Gasteiger partial charge >= 0.3 is 5.97 Å². The molecule has 1 fully saturated rings. The summed E-state index contributed by atoms with van der Waals surface area (Å²) in [5, 5.41) is 23.3. The first kappa shape index (κ1) is 17.9. The molecular weight excluding hydrogens is 360 g/mol. The highest BCUT2D eigenvalue weighted by atomic mass is 16.4. The van der Waals surface area contributed by atoms with E-state index >= 15 is 0 Å². The van der Waals surface area contributed by atoms with Crippen molar-refractivity contribution in [3.63, 3.8) is 0 Å². The number of likely N-dealkylation sites (tertiary alicyclic amines) is 1. The van der Waals surface area contributed by atoms with Crippen molar-refractivity contribution in [1.82, 2.24) is 30.1 Å². The molecule has 9 nitrogen and oxygen atoms in total. The van der Waals surface area contributed by atoms with Gasteiger partial charge in [0.25, 0.3) is 5.91 Å². The first-order chi connectivity index (χ1) is 13.6. The maximum absolute atomic E-state index is 12.9. The third kappa shape index (κ3) is 3.78. The van der Waals surface area contributed by atoms with Crippen molar-refractivity contribution in [1.29, 1.82) is 0 Å². The summed E-state index contributed by atoms with van der Waals surface area (Å²) in [6, 6.07) is 9.36. The third-order valence-corrected chi connectivity index (χ3v) is 4.95. The van der Waals surface area contributed by atoms with Gasteiger partial charge in [-0.15, -0.1) is 5.10 Å². The van der Waals surface area contributed by atoms with E-state index in [4.69, 9.17) is 5.11 Å². The lowest BCUT2D eigenvalue weighted by Crippen LogP contribution is -2.41. The summed E-state index contributed by atoms with van der Waals surface area (Å²) in [7, 11) is 0. The van der Waals surface area contributed by atoms with Crippen LogP contribution in [0.1, 0.15) is 33.7 Å². The second-order valence-corrected chi connectivity index (χ2v) is 6.94. The van der Waals surface area contributed by atoms with Crippen molar-refractivity contribution in [2.45, 2.75) is 19.4 Å². The van der Waals surface area contributed by atoms with Crippen LogP contribution >= 0.6 is 0 Å². The van der Waals surface area contributed by atoms with E-state index in [2.05, 4.69) is 20.5 Å². The fraction of sp³-hybridized carbons (Fsp3) is 0.316. The Morgan fingerprint density at radius 1 is 1.21 bits per heavy atom. The maximum Gasteiger partial charge on any atom is 0.358 e. The number of carboxylic acid groups (broad SMARTS) is 1. The van der Waals surface area contributed by atoms with Crippen LogP contribution in [0.5, 0.6) is 0 Å². The molecule has 3 heterocycles. The van der Waals surface area contributed by atoms with Gasteiger partial charge in [-0.3, -0.25) is 14.6 Å². The van der Waals surface area contributed by atoms with Gasteiger partial charge in [0, 0.05) is 31.4 Å². The Balaban J connectivity index is 1.40. The van der Waals surface area contributed by atoms with E-state index in [0.29, 0.717) is 18.7 Å². The van der Waals surface area contributed by atoms with Crippen LogP contribution in [0.15, 0.2) is 42.7 Å². The molecule has 0 saturated carbocycles.